The SMILES string of the molecule is COc1ccc(NC(=O)Nc2cc(-c3ccccc3)nn2-c2nc3c(c(=O)[nH]2)CCCC3)cc1OC. The average Bonchev–Trinajstić information content (AvgIpc) is 3.32. The monoisotopic (exact) mass is 486 g/mol. The number of H-pyrrole nitrogens is 1. The second-order valence-corrected chi connectivity index (χ2v) is 8.36. The van der Waals surface area contributed by atoms with Crippen LogP contribution in [0.5, 0.6) is 11.5 Å². The Kier molecular flexibility index (Phi) is 6.40. The van der Waals surface area contributed by atoms with Gasteiger partial charge in [0.05, 0.1) is 25.6 Å². The third-order valence-electron chi connectivity index (χ3n) is 6.04. The summed E-state index contributed by atoms with van der Waals surface area (Å²) < 4.78 is 12.0. The molecular weight excluding hydrogens is 460 g/mol. The molecule has 0 aliphatic heterocycles. The van der Waals surface area contributed by atoms with Crippen molar-refractivity contribution in [1.82, 2.24) is 19.7 Å². The third-order valence-corrected chi connectivity index (χ3v) is 6.04. The van der Waals surface area contributed by atoms with Crippen LogP contribution >= 0.6 is 0 Å². The normalized spacial score (nSPS) is 12.5. The number of fused-ring (bicyclic) bond motifs is 1. The lowest BCUT2D eigenvalue weighted by atomic mass is 9.97. The Balaban J connectivity index is 1.49. The van der Waals surface area contributed by atoms with Crippen LogP contribution in [0.1, 0.15) is 24.1 Å². The van der Waals surface area contributed by atoms with E-state index in [4.69, 9.17) is 9.47 Å². The molecule has 36 heavy (non-hydrogen) atoms. The number of aromatic amines is 1. The number of nitrogens with zero attached hydrogens (tertiary/aromatic N) is 3. The fourth-order valence-corrected chi connectivity index (χ4v) is 4.26. The number of urea groups is 1. The Morgan fingerprint density at radius 2 is 1.75 bits per heavy atom. The summed E-state index contributed by atoms with van der Waals surface area (Å²) in [5, 5.41) is 10.3. The molecule has 2 aromatic carbocycles. The van der Waals surface area contributed by atoms with E-state index >= 15 is 0 Å². The first-order chi connectivity index (χ1) is 17.6. The Bertz CT molecular complexity index is 1460. The van der Waals surface area contributed by atoms with Crippen molar-refractivity contribution in [2.24, 2.45) is 0 Å². The van der Waals surface area contributed by atoms with Gasteiger partial charge in [-0.25, -0.2) is 9.78 Å². The van der Waals surface area contributed by atoms with E-state index in [1.54, 1.807) is 31.4 Å². The summed E-state index contributed by atoms with van der Waals surface area (Å²) >= 11 is 0. The van der Waals surface area contributed by atoms with Gasteiger partial charge in [0, 0.05) is 28.9 Å². The van der Waals surface area contributed by atoms with Crippen molar-refractivity contribution in [1.29, 1.82) is 0 Å². The van der Waals surface area contributed by atoms with Crippen LogP contribution < -0.4 is 25.7 Å². The number of aryl methyl sites for hydroxylation is 1. The molecule has 0 unspecified atom stereocenters. The smallest absolute Gasteiger partial charge is 0.324 e. The molecule has 0 saturated carbocycles. The molecule has 184 valence electrons. The number of nitrogens with one attached hydrogen (secondary N) is 3. The highest BCUT2D eigenvalue weighted by atomic mass is 16.5. The van der Waals surface area contributed by atoms with Gasteiger partial charge in [0.25, 0.3) is 5.56 Å². The molecule has 0 radical (unpaired) electrons. The van der Waals surface area contributed by atoms with Gasteiger partial charge in [-0.05, 0) is 37.8 Å². The van der Waals surface area contributed by atoms with Gasteiger partial charge in [-0.15, -0.1) is 0 Å². The standard InChI is InChI=1S/C26H26N6O4/c1-35-21-13-12-17(14-22(21)36-2)27-26(34)29-23-15-20(16-8-4-3-5-9-16)31-32(23)25-28-19-11-7-6-10-18(19)24(33)30-25/h3-5,8-9,12-15H,6-7,10-11H2,1-2H3,(H2,27,29,34)(H,28,30,33). The number of methoxy groups -OCH3 is 2. The molecule has 5 rings (SSSR count). The predicted octanol–water partition coefficient (Wildman–Crippen LogP) is 4.16. The molecular formula is C26H26N6O4. The molecule has 0 spiro atoms. The Morgan fingerprint density at radius 3 is 2.53 bits per heavy atom. The minimum atomic E-state index is -0.497. The molecule has 0 fully saturated rings. The molecule has 0 saturated heterocycles. The molecule has 10 nitrogen and oxygen atoms in total. The van der Waals surface area contributed by atoms with E-state index < -0.39 is 6.03 Å². The molecule has 0 bridgehead atoms. The van der Waals surface area contributed by atoms with Crippen molar-refractivity contribution in [2.45, 2.75) is 25.7 Å². The highest BCUT2D eigenvalue weighted by molar-refractivity contribution is 5.99. The van der Waals surface area contributed by atoms with Crippen molar-refractivity contribution in [2.75, 3.05) is 24.9 Å². The van der Waals surface area contributed by atoms with Crippen molar-refractivity contribution >= 4 is 17.5 Å². The number of anilines is 2. The summed E-state index contributed by atoms with van der Waals surface area (Å²) in [5.74, 6) is 1.65. The van der Waals surface area contributed by atoms with Gasteiger partial charge >= 0.3 is 6.03 Å². The summed E-state index contributed by atoms with van der Waals surface area (Å²) in [5.41, 5.74) is 3.32. The van der Waals surface area contributed by atoms with Crippen LogP contribution in [-0.2, 0) is 12.8 Å². The Labute approximate surface area is 207 Å². The lowest BCUT2D eigenvalue weighted by Gasteiger charge is -2.15. The molecule has 1 aliphatic rings. The van der Waals surface area contributed by atoms with Crippen LogP contribution in [0, 0.1) is 0 Å². The molecule has 4 aromatic rings. The lowest BCUT2D eigenvalue weighted by Crippen LogP contribution is -2.25. The van der Waals surface area contributed by atoms with Gasteiger partial charge in [-0.3, -0.25) is 15.1 Å². The zero-order chi connectivity index (χ0) is 25.1. The van der Waals surface area contributed by atoms with Crippen LogP contribution in [0.3, 0.4) is 0 Å². The van der Waals surface area contributed by atoms with Gasteiger partial charge < -0.3 is 14.8 Å². The first-order valence-corrected chi connectivity index (χ1v) is 11.6. The number of carbonyl (C=O) groups is 1. The quantitative estimate of drug-likeness (QED) is 0.376. The number of hydrogen-bond acceptors (Lipinski definition) is 6. The van der Waals surface area contributed by atoms with E-state index in [0.717, 1.165) is 36.1 Å². The molecule has 2 heterocycles. The summed E-state index contributed by atoms with van der Waals surface area (Å²) in [7, 11) is 3.07. The maximum absolute atomic E-state index is 12.9. The van der Waals surface area contributed by atoms with Crippen LogP contribution in [0.25, 0.3) is 17.2 Å². The average molecular weight is 487 g/mol. The predicted molar refractivity (Wildman–Crippen MR) is 136 cm³/mol. The second kappa shape index (κ2) is 9.95. The Hall–Kier alpha value is -4.60. The summed E-state index contributed by atoms with van der Waals surface area (Å²) in [4.78, 5) is 33.2. The second-order valence-electron chi connectivity index (χ2n) is 8.36. The number of rotatable bonds is 6. The van der Waals surface area contributed by atoms with Gasteiger partial charge in [0.1, 0.15) is 5.82 Å². The van der Waals surface area contributed by atoms with Crippen molar-refractivity contribution < 1.29 is 14.3 Å². The van der Waals surface area contributed by atoms with Crippen molar-refractivity contribution in [3.63, 3.8) is 0 Å². The first kappa shape index (κ1) is 23.2. The number of ether oxygens (including phenoxy) is 2. The van der Waals surface area contributed by atoms with Gasteiger partial charge in [0.15, 0.2) is 11.5 Å². The molecule has 3 N–H and O–H groups in total. The number of hydrogen-bond donors (Lipinski definition) is 3. The van der Waals surface area contributed by atoms with Crippen molar-refractivity contribution in [3.8, 4) is 28.7 Å². The first-order valence-electron chi connectivity index (χ1n) is 11.6. The highest BCUT2D eigenvalue weighted by Crippen LogP contribution is 2.30. The Morgan fingerprint density at radius 1 is 0.972 bits per heavy atom. The lowest BCUT2D eigenvalue weighted by molar-refractivity contribution is 0.262. The third kappa shape index (κ3) is 4.65. The maximum Gasteiger partial charge on any atom is 0.324 e. The fraction of sp³-hybridized carbons (Fsp3) is 0.231. The van der Waals surface area contributed by atoms with Crippen LogP contribution in [0.2, 0.25) is 0 Å². The number of carbonyl (C=O) groups excluding carboxylic acids is 1. The van der Waals surface area contributed by atoms with Gasteiger partial charge in [0.2, 0.25) is 5.95 Å². The molecule has 2 amide bonds. The minimum absolute atomic E-state index is 0.174. The van der Waals surface area contributed by atoms with Crippen molar-refractivity contribution in [3.05, 3.63) is 76.2 Å². The van der Waals surface area contributed by atoms with Crippen LogP contribution in [-0.4, -0.2) is 40.0 Å². The van der Waals surface area contributed by atoms with E-state index in [1.165, 1.54) is 11.8 Å². The topological polar surface area (TPSA) is 123 Å². The van der Waals surface area contributed by atoms with E-state index in [2.05, 4.69) is 25.7 Å². The van der Waals surface area contributed by atoms with E-state index in [0.29, 0.717) is 35.1 Å². The highest BCUT2D eigenvalue weighted by Gasteiger charge is 2.20. The van der Waals surface area contributed by atoms with Gasteiger partial charge in [-0.1, -0.05) is 30.3 Å². The molecule has 2 aromatic heterocycles. The van der Waals surface area contributed by atoms with E-state index in [9.17, 15) is 9.59 Å². The molecule has 10 heteroatoms. The van der Waals surface area contributed by atoms with E-state index in [-0.39, 0.29) is 11.5 Å². The molecule has 0 atom stereocenters. The van der Waals surface area contributed by atoms with Crippen LogP contribution in [0.15, 0.2) is 59.4 Å². The fourth-order valence-electron chi connectivity index (χ4n) is 4.26. The summed E-state index contributed by atoms with van der Waals surface area (Å²) in [6.07, 6.45) is 3.41. The van der Waals surface area contributed by atoms with Gasteiger partial charge in [-0.2, -0.15) is 9.78 Å². The number of aromatic nitrogens is 4. The van der Waals surface area contributed by atoms with Crippen LogP contribution in [0.4, 0.5) is 16.3 Å². The zero-order valence-electron chi connectivity index (χ0n) is 20.0. The maximum atomic E-state index is 12.9. The summed E-state index contributed by atoms with van der Waals surface area (Å²) in [6.45, 7) is 0. The molecule has 1 aliphatic carbocycles. The summed E-state index contributed by atoms with van der Waals surface area (Å²) in [6, 6.07) is 15.9. The largest absolute Gasteiger partial charge is 0.493 e. The zero-order valence-corrected chi connectivity index (χ0v) is 20.0. The number of benzene rings is 2. The minimum Gasteiger partial charge on any atom is -0.493 e. The van der Waals surface area contributed by atoms with E-state index in [1.807, 2.05) is 30.3 Å². The number of amides is 2.